The number of aliphatic imine (C=N–C) groups is 1. The summed E-state index contributed by atoms with van der Waals surface area (Å²) in [5.74, 6) is 0.578. The summed E-state index contributed by atoms with van der Waals surface area (Å²) >= 11 is 3.37. The zero-order valence-corrected chi connectivity index (χ0v) is 14.1. The standard InChI is InChI=1S/C16H21N3S2/c1-3-8-18-11-12-10-13(6-7-14(12)20-2)19-16(17)15-5-4-9-21-15/h4-7,9-10,18H,3,8,11H2,1-2H3,(H2,17,19). The van der Waals surface area contributed by atoms with Crippen molar-refractivity contribution < 1.29 is 0 Å². The summed E-state index contributed by atoms with van der Waals surface area (Å²) in [6, 6.07) is 10.2. The average Bonchev–Trinajstić information content (AvgIpc) is 3.02. The first-order valence-corrected chi connectivity index (χ1v) is 9.10. The van der Waals surface area contributed by atoms with Crippen molar-refractivity contribution >= 4 is 34.6 Å². The van der Waals surface area contributed by atoms with Gasteiger partial charge in [0.15, 0.2) is 0 Å². The third-order valence-corrected chi connectivity index (χ3v) is 4.76. The molecule has 3 N–H and O–H groups in total. The number of hydrogen-bond donors (Lipinski definition) is 2. The second-order valence-corrected chi connectivity index (χ2v) is 6.44. The van der Waals surface area contributed by atoms with Gasteiger partial charge in [0.2, 0.25) is 0 Å². The van der Waals surface area contributed by atoms with Crippen molar-refractivity contribution in [1.29, 1.82) is 0 Å². The molecule has 2 aromatic rings. The summed E-state index contributed by atoms with van der Waals surface area (Å²) in [6.45, 7) is 4.07. The number of nitrogens with one attached hydrogen (secondary N) is 1. The van der Waals surface area contributed by atoms with Gasteiger partial charge in [-0.2, -0.15) is 0 Å². The number of benzene rings is 1. The van der Waals surface area contributed by atoms with Gasteiger partial charge < -0.3 is 11.1 Å². The van der Waals surface area contributed by atoms with Gasteiger partial charge in [0, 0.05) is 11.4 Å². The lowest BCUT2D eigenvalue weighted by Crippen LogP contribution is -2.14. The monoisotopic (exact) mass is 319 g/mol. The summed E-state index contributed by atoms with van der Waals surface area (Å²) < 4.78 is 0. The van der Waals surface area contributed by atoms with Crippen molar-refractivity contribution in [1.82, 2.24) is 5.32 Å². The SMILES string of the molecule is CCCNCc1cc(N=C(N)c2cccs2)ccc1SC. The fraction of sp³-hybridized carbons (Fsp3) is 0.312. The highest BCUT2D eigenvalue weighted by molar-refractivity contribution is 7.98. The Labute approximate surface area is 134 Å². The van der Waals surface area contributed by atoms with Crippen LogP contribution in [0.25, 0.3) is 0 Å². The number of thioether (sulfide) groups is 1. The zero-order chi connectivity index (χ0) is 15.1. The number of amidine groups is 1. The summed E-state index contributed by atoms with van der Waals surface area (Å²) in [4.78, 5) is 6.83. The molecule has 0 unspecified atom stereocenters. The summed E-state index contributed by atoms with van der Waals surface area (Å²) in [7, 11) is 0. The van der Waals surface area contributed by atoms with Crippen LogP contribution < -0.4 is 11.1 Å². The molecule has 0 saturated heterocycles. The number of hydrogen-bond acceptors (Lipinski definition) is 4. The second kappa shape index (κ2) is 8.22. The molecular weight excluding hydrogens is 298 g/mol. The van der Waals surface area contributed by atoms with Crippen molar-refractivity contribution in [3.8, 4) is 0 Å². The summed E-state index contributed by atoms with van der Waals surface area (Å²) in [5.41, 5.74) is 8.24. The average molecular weight is 319 g/mol. The van der Waals surface area contributed by atoms with E-state index in [9.17, 15) is 0 Å². The molecule has 0 aliphatic heterocycles. The van der Waals surface area contributed by atoms with Gasteiger partial charge in [0.1, 0.15) is 5.84 Å². The van der Waals surface area contributed by atoms with Gasteiger partial charge >= 0.3 is 0 Å². The van der Waals surface area contributed by atoms with E-state index in [0.29, 0.717) is 5.84 Å². The highest BCUT2D eigenvalue weighted by atomic mass is 32.2. The van der Waals surface area contributed by atoms with E-state index in [1.165, 1.54) is 10.5 Å². The molecule has 0 fully saturated rings. The maximum Gasteiger partial charge on any atom is 0.141 e. The third kappa shape index (κ3) is 4.59. The molecule has 21 heavy (non-hydrogen) atoms. The number of rotatable bonds is 7. The van der Waals surface area contributed by atoms with E-state index in [2.05, 4.69) is 35.6 Å². The molecule has 0 amide bonds. The highest BCUT2D eigenvalue weighted by Gasteiger charge is 2.04. The van der Waals surface area contributed by atoms with Gasteiger partial charge in [-0.3, -0.25) is 0 Å². The lowest BCUT2D eigenvalue weighted by molar-refractivity contribution is 0.669. The van der Waals surface area contributed by atoms with Crippen LogP contribution >= 0.6 is 23.1 Å². The first kappa shape index (κ1) is 16.1. The Balaban J connectivity index is 2.20. The molecule has 0 atom stereocenters. The minimum Gasteiger partial charge on any atom is -0.383 e. The lowest BCUT2D eigenvalue weighted by atomic mass is 10.2. The molecule has 112 valence electrons. The van der Waals surface area contributed by atoms with Gasteiger partial charge in [0.05, 0.1) is 10.6 Å². The minimum atomic E-state index is 0.578. The predicted octanol–water partition coefficient (Wildman–Crippen LogP) is 4.01. The van der Waals surface area contributed by atoms with Crippen LogP contribution in [0.5, 0.6) is 0 Å². The molecule has 3 nitrogen and oxygen atoms in total. The molecule has 0 bridgehead atoms. The van der Waals surface area contributed by atoms with Crippen LogP contribution in [-0.2, 0) is 6.54 Å². The highest BCUT2D eigenvalue weighted by Crippen LogP contribution is 2.26. The molecular formula is C16H21N3S2. The largest absolute Gasteiger partial charge is 0.383 e. The minimum absolute atomic E-state index is 0.578. The predicted molar refractivity (Wildman–Crippen MR) is 94.9 cm³/mol. The van der Waals surface area contributed by atoms with Gasteiger partial charge in [0.25, 0.3) is 0 Å². The molecule has 0 saturated carbocycles. The Hall–Kier alpha value is -1.30. The summed E-state index contributed by atoms with van der Waals surface area (Å²) in [6.07, 6.45) is 3.24. The van der Waals surface area contributed by atoms with Gasteiger partial charge in [-0.05, 0) is 54.4 Å². The van der Waals surface area contributed by atoms with E-state index >= 15 is 0 Å². The van der Waals surface area contributed by atoms with E-state index in [1.54, 1.807) is 23.1 Å². The van der Waals surface area contributed by atoms with Crippen LogP contribution in [0.4, 0.5) is 5.69 Å². The summed E-state index contributed by atoms with van der Waals surface area (Å²) in [5, 5.41) is 5.45. The quantitative estimate of drug-likeness (QED) is 0.351. The van der Waals surface area contributed by atoms with Crippen LogP contribution in [0.3, 0.4) is 0 Å². The topological polar surface area (TPSA) is 50.4 Å². The lowest BCUT2D eigenvalue weighted by Gasteiger charge is -2.09. The maximum absolute atomic E-state index is 6.05. The molecule has 1 aromatic carbocycles. The van der Waals surface area contributed by atoms with Crippen LogP contribution in [0.1, 0.15) is 23.8 Å². The molecule has 0 aliphatic carbocycles. The molecule has 1 aromatic heterocycles. The molecule has 0 aliphatic rings. The first-order chi connectivity index (χ1) is 10.2. The Morgan fingerprint density at radius 3 is 2.90 bits per heavy atom. The fourth-order valence-electron chi connectivity index (χ4n) is 1.99. The van der Waals surface area contributed by atoms with E-state index < -0.39 is 0 Å². The van der Waals surface area contributed by atoms with Crippen molar-refractivity contribution in [2.75, 3.05) is 12.8 Å². The van der Waals surface area contributed by atoms with E-state index in [4.69, 9.17) is 5.73 Å². The van der Waals surface area contributed by atoms with E-state index in [1.807, 2.05) is 23.6 Å². The van der Waals surface area contributed by atoms with Gasteiger partial charge in [-0.1, -0.05) is 13.0 Å². The van der Waals surface area contributed by atoms with Gasteiger partial charge in [-0.15, -0.1) is 23.1 Å². The Bertz CT molecular complexity index is 592. The number of thiophene rings is 1. The van der Waals surface area contributed by atoms with Crippen LogP contribution in [-0.4, -0.2) is 18.6 Å². The molecule has 5 heteroatoms. The van der Waals surface area contributed by atoms with E-state index in [-0.39, 0.29) is 0 Å². The zero-order valence-electron chi connectivity index (χ0n) is 12.4. The third-order valence-electron chi connectivity index (χ3n) is 3.03. The van der Waals surface area contributed by atoms with Crippen LogP contribution in [0, 0.1) is 0 Å². The van der Waals surface area contributed by atoms with Crippen molar-refractivity contribution in [2.24, 2.45) is 10.7 Å². The number of nitrogens with two attached hydrogens (primary N) is 1. The molecule has 0 radical (unpaired) electrons. The van der Waals surface area contributed by atoms with Crippen LogP contribution in [0.15, 0.2) is 45.6 Å². The molecule has 0 spiro atoms. The smallest absolute Gasteiger partial charge is 0.141 e. The van der Waals surface area contributed by atoms with Gasteiger partial charge in [-0.25, -0.2) is 4.99 Å². The Morgan fingerprint density at radius 2 is 2.24 bits per heavy atom. The molecule has 2 rings (SSSR count). The maximum atomic E-state index is 6.05. The van der Waals surface area contributed by atoms with Crippen molar-refractivity contribution in [3.63, 3.8) is 0 Å². The van der Waals surface area contributed by atoms with Crippen molar-refractivity contribution in [3.05, 3.63) is 46.2 Å². The Morgan fingerprint density at radius 1 is 1.38 bits per heavy atom. The number of nitrogens with zero attached hydrogens (tertiary/aromatic N) is 1. The normalized spacial score (nSPS) is 11.8. The fourth-order valence-corrected chi connectivity index (χ4v) is 3.22. The van der Waals surface area contributed by atoms with E-state index in [0.717, 1.165) is 30.1 Å². The Kier molecular flexibility index (Phi) is 6.29. The second-order valence-electron chi connectivity index (χ2n) is 4.65. The molecule has 1 heterocycles. The van der Waals surface area contributed by atoms with Crippen molar-refractivity contribution in [2.45, 2.75) is 24.8 Å². The first-order valence-electron chi connectivity index (χ1n) is 7.00. The van der Waals surface area contributed by atoms with Crippen LogP contribution in [0.2, 0.25) is 0 Å².